The molecule has 2 amide bonds. The van der Waals surface area contributed by atoms with Crippen LogP contribution in [0.4, 0.5) is 0 Å². The molecule has 0 radical (unpaired) electrons. The molecule has 6 nitrogen and oxygen atoms in total. The highest BCUT2D eigenvalue weighted by Crippen LogP contribution is 2.14. The molecule has 22 heavy (non-hydrogen) atoms. The van der Waals surface area contributed by atoms with Gasteiger partial charge < -0.3 is 0 Å². The summed E-state index contributed by atoms with van der Waals surface area (Å²) in [7, 11) is 0. The maximum Gasteiger partial charge on any atom is 0.308 e. The zero-order valence-electron chi connectivity index (χ0n) is 12.8. The van der Waals surface area contributed by atoms with E-state index >= 15 is 0 Å². The Morgan fingerprint density at radius 1 is 1.18 bits per heavy atom. The lowest BCUT2D eigenvalue weighted by molar-refractivity contribution is -0.161. The molecular weight excluding hydrogens is 282 g/mol. The van der Waals surface area contributed by atoms with E-state index in [2.05, 4.69) is 4.98 Å². The minimum Gasteiger partial charge on any atom is -0.289 e. The van der Waals surface area contributed by atoms with Gasteiger partial charge in [0.25, 0.3) is 0 Å². The predicted molar refractivity (Wildman–Crippen MR) is 80.5 cm³/mol. The quantitative estimate of drug-likeness (QED) is 0.587. The number of nitrogens with zero attached hydrogens (tertiary/aromatic N) is 3. The Bertz CT molecular complexity index is 545. The minimum atomic E-state index is -0.596. The molecule has 6 heteroatoms. The monoisotopic (exact) mass is 303 g/mol. The van der Waals surface area contributed by atoms with Crippen molar-refractivity contribution in [3.05, 3.63) is 30.1 Å². The molecule has 1 aliphatic rings. The maximum atomic E-state index is 12.2. The number of hydrogen-bond donors (Lipinski definition) is 0. The number of rotatable bonds is 6. The van der Waals surface area contributed by atoms with Crippen LogP contribution in [-0.4, -0.2) is 45.7 Å². The van der Waals surface area contributed by atoms with Crippen molar-refractivity contribution in [2.24, 2.45) is 0 Å². The van der Waals surface area contributed by atoms with Crippen LogP contribution in [-0.2, 0) is 20.8 Å². The van der Waals surface area contributed by atoms with Crippen LogP contribution in [0.1, 0.15) is 38.2 Å². The van der Waals surface area contributed by atoms with Crippen LogP contribution < -0.4 is 0 Å². The van der Waals surface area contributed by atoms with Gasteiger partial charge in [-0.25, -0.2) is 5.01 Å². The van der Waals surface area contributed by atoms with Crippen LogP contribution in [0.2, 0.25) is 0 Å². The standard InChI is InChI=1S/C16H21N3O3/c1-13(20)16(22)19-11-5-10-18(19)15(21)8-3-2-6-14-7-4-9-17-12-14/h4,7,9,12H,2-3,5-6,8,10-11H2,1H3. The molecule has 118 valence electrons. The molecule has 2 heterocycles. The van der Waals surface area contributed by atoms with E-state index in [1.54, 1.807) is 6.20 Å². The van der Waals surface area contributed by atoms with Gasteiger partial charge in [0, 0.05) is 38.8 Å². The van der Waals surface area contributed by atoms with E-state index < -0.39 is 11.7 Å². The summed E-state index contributed by atoms with van der Waals surface area (Å²) in [4.78, 5) is 39.2. The van der Waals surface area contributed by atoms with Crippen molar-refractivity contribution in [3.8, 4) is 0 Å². The minimum absolute atomic E-state index is 0.0849. The Morgan fingerprint density at radius 2 is 1.95 bits per heavy atom. The molecule has 0 unspecified atom stereocenters. The zero-order chi connectivity index (χ0) is 15.9. The number of carbonyl (C=O) groups excluding carboxylic acids is 3. The Morgan fingerprint density at radius 3 is 2.64 bits per heavy atom. The first-order valence-electron chi connectivity index (χ1n) is 7.61. The molecule has 2 rings (SSSR count). The lowest BCUT2D eigenvalue weighted by Gasteiger charge is -2.26. The molecule has 0 aliphatic carbocycles. The lowest BCUT2D eigenvalue weighted by Crippen LogP contribution is -2.47. The number of carbonyl (C=O) groups is 3. The molecule has 0 spiro atoms. The SMILES string of the molecule is CC(=O)C(=O)N1CCCN1C(=O)CCCCc1cccnc1. The molecule has 0 N–H and O–H groups in total. The highest BCUT2D eigenvalue weighted by Gasteiger charge is 2.31. The van der Waals surface area contributed by atoms with Gasteiger partial charge in [-0.1, -0.05) is 6.07 Å². The summed E-state index contributed by atoms with van der Waals surface area (Å²) in [6.45, 7) is 2.19. The molecule has 0 bridgehead atoms. The van der Waals surface area contributed by atoms with Crippen molar-refractivity contribution in [2.45, 2.75) is 39.0 Å². The molecular formula is C16H21N3O3. The fourth-order valence-electron chi connectivity index (χ4n) is 2.54. The molecule has 1 aromatic rings. The third kappa shape index (κ3) is 4.13. The molecule has 0 aromatic carbocycles. The number of pyridine rings is 1. The highest BCUT2D eigenvalue weighted by molar-refractivity contribution is 6.35. The van der Waals surface area contributed by atoms with Crippen LogP contribution >= 0.6 is 0 Å². The second kappa shape index (κ2) is 7.68. The number of unbranched alkanes of at least 4 members (excludes halogenated alkanes) is 1. The van der Waals surface area contributed by atoms with E-state index in [1.807, 2.05) is 18.3 Å². The summed E-state index contributed by atoms with van der Waals surface area (Å²) in [6.07, 6.45) is 7.22. The topological polar surface area (TPSA) is 70.6 Å². The second-order valence-corrected chi connectivity index (χ2v) is 5.42. The average Bonchev–Trinajstić information content (AvgIpc) is 3.01. The normalized spacial score (nSPS) is 14.2. The van der Waals surface area contributed by atoms with Gasteiger partial charge in [-0.15, -0.1) is 0 Å². The number of aromatic nitrogens is 1. The number of hydrogen-bond acceptors (Lipinski definition) is 4. The molecule has 1 saturated heterocycles. The van der Waals surface area contributed by atoms with Crippen molar-refractivity contribution in [2.75, 3.05) is 13.1 Å². The van der Waals surface area contributed by atoms with E-state index in [0.29, 0.717) is 19.5 Å². The lowest BCUT2D eigenvalue weighted by atomic mass is 10.1. The Balaban J connectivity index is 1.77. The van der Waals surface area contributed by atoms with Crippen molar-refractivity contribution in [3.63, 3.8) is 0 Å². The zero-order valence-corrected chi connectivity index (χ0v) is 12.8. The first-order valence-corrected chi connectivity index (χ1v) is 7.61. The molecule has 1 aliphatic heterocycles. The Labute approximate surface area is 130 Å². The number of Topliss-reactive ketones (excluding diaryl/α,β-unsaturated/α-hetero) is 1. The number of aryl methyl sites for hydroxylation is 1. The van der Waals surface area contributed by atoms with Crippen molar-refractivity contribution >= 4 is 17.6 Å². The first-order chi connectivity index (χ1) is 10.6. The number of ketones is 1. The van der Waals surface area contributed by atoms with Gasteiger partial charge in [0.15, 0.2) is 0 Å². The highest BCUT2D eigenvalue weighted by atomic mass is 16.2. The van der Waals surface area contributed by atoms with E-state index in [-0.39, 0.29) is 5.91 Å². The number of hydrazine groups is 1. The third-order valence-corrected chi connectivity index (χ3v) is 3.68. The van der Waals surface area contributed by atoms with Crippen molar-refractivity contribution < 1.29 is 14.4 Å². The summed E-state index contributed by atoms with van der Waals surface area (Å²) in [5.74, 6) is -1.21. The van der Waals surface area contributed by atoms with Crippen LogP contribution in [0.3, 0.4) is 0 Å². The van der Waals surface area contributed by atoms with E-state index in [0.717, 1.165) is 31.2 Å². The molecule has 1 fully saturated rings. The van der Waals surface area contributed by atoms with E-state index in [1.165, 1.54) is 16.9 Å². The van der Waals surface area contributed by atoms with Gasteiger partial charge in [-0.3, -0.25) is 24.4 Å². The fourth-order valence-corrected chi connectivity index (χ4v) is 2.54. The number of amides is 2. The molecule has 0 saturated carbocycles. The van der Waals surface area contributed by atoms with Crippen LogP contribution in [0.5, 0.6) is 0 Å². The average molecular weight is 303 g/mol. The van der Waals surface area contributed by atoms with Gasteiger partial charge in [-0.05, 0) is 37.3 Å². The summed E-state index contributed by atoms with van der Waals surface area (Å²) in [6, 6.07) is 3.92. The van der Waals surface area contributed by atoms with E-state index in [4.69, 9.17) is 0 Å². The third-order valence-electron chi connectivity index (χ3n) is 3.68. The largest absolute Gasteiger partial charge is 0.308 e. The van der Waals surface area contributed by atoms with Crippen LogP contribution in [0.25, 0.3) is 0 Å². The van der Waals surface area contributed by atoms with Crippen molar-refractivity contribution in [1.29, 1.82) is 0 Å². The van der Waals surface area contributed by atoms with Crippen molar-refractivity contribution in [1.82, 2.24) is 15.0 Å². The van der Waals surface area contributed by atoms with Crippen LogP contribution in [0, 0.1) is 0 Å². The fraction of sp³-hybridized carbons (Fsp3) is 0.500. The molecule has 1 aromatic heterocycles. The Kier molecular flexibility index (Phi) is 5.63. The molecule has 0 atom stereocenters. The Hall–Kier alpha value is -2.24. The summed E-state index contributed by atoms with van der Waals surface area (Å²) < 4.78 is 0. The van der Waals surface area contributed by atoms with Crippen LogP contribution in [0.15, 0.2) is 24.5 Å². The second-order valence-electron chi connectivity index (χ2n) is 5.42. The van der Waals surface area contributed by atoms with Gasteiger partial charge in [0.05, 0.1) is 0 Å². The predicted octanol–water partition coefficient (Wildman–Crippen LogP) is 1.36. The first kappa shape index (κ1) is 16.1. The van der Waals surface area contributed by atoms with Gasteiger partial charge in [0.1, 0.15) is 0 Å². The van der Waals surface area contributed by atoms with Gasteiger partial charge in [0.2, 0.25) is 11.7 Å². The maximum absolute atomic E-state index is 12.2. The summed E-state index contributed by atoms with van der Waals surface area (Å²) in [5, 5.41) is 2.71. The summed E-state index contributed by atoms with van der Waals surface area (Å²) >= 11 is 0. The van der Waals surface area contributed by atoms with E-state index in [9.17, 15) is 14.4 Å². The van der Waals surface area contributed by atoms with Gasteiger partial charge in [-0.2, -0.15) is 0 Å². The smallest absolute Gasteiger partial charge is 0.289 e. The van der Waals surface area contributed by atoms with Gasteiger partial charge >= 0.3 is 5.91 Å². The summed E-state index contributed by atoms with van der Waals surface area (Å²) in [5.41, 5.74) is 1.16.